The number of carbonyl (C=O) groups is 1. The molecule has 0 aromatic heterocycles. The predicted molar refractivity (Wildman–Crippen MR) is 80.8 cm³/mol. The van der Waals surface area contributed by atoms with Gasteiger partial charge in [0.1, 0.15) is 0 Å². The SMILES string of the molecule is COc1ccc(NC(=O)C2(CN)CCCCCC2)cc1F. The largest absolute Gasteiger partial charge is 0.494 e. The molecule has 0 heterocycles. The third-order valence-corrected chi connectivity index (χ3v) is 4.34. The fourth-order valence-corrected chi connectivity index (χ4v) is 2.94. The minimum atomic E-state index is -0.521. The van der Waals surface area contributed by atoms with E-state index in [-0.39, 0.29) is 11.7 Å². The van der Waals surface area contributed by atoms with Crippen LogP contribution in [0, 0.1) is 11.2 Å². The van der Waals surface area contributed by atoms with Crippen molar-refractivity contribution in [3.8, 4) is 5.75 Å². The number of amides is 1. The van der Waals surface area contributed by atoms with Gasteiger partial charge in [-0.2, -0.15) is 0 Å². The number of benzene rings is 1. The molecule has 1 saturated carbocycles. The van der Waals surface area contributed by atoms with Gasteiger partial charge in [0.05, 0.1) is 12.5 Å². The van der Waals surface area contributed by atoms with Gasteiger partial charge in [-0.15, -0.1) is 0 Å². The molecule has 0 radical (unpaired) electrons. The Morgan fingerprint density at radius 2 is 2.00 bits per heavy atom. The fraction of sp³-hybridized carbons (Fsp3) is 0.562. The highest BCUT2D eigenvalue weighted by atomic mass is 19.1. The standard InChI is InChI=1S/C16H23FN2O2/c1-21-14-7-6-12(10-13(14)17)19-15(20)16(11-18)8-4-2-3-5-9-16/h6-7,10H,2-5,8-9,11,18H2,1H3,(H,19,20). The molecule has 0 saturated heterocycles. The Labute approximate surface area is 124 Å². The molecule has 4 nitrogen and oxygen atoms in total. The lowest BCUT2D eigenvalue weighted by atomic mass is 9.79. The molecule has 1 aliphatic carbocycles. The van der Waals surface area contributed by atoms with Crippen molar-refractivity contribution in [2.75, 3.05) is 19.0 Å². The third kappa shape index (κ3) is 3.53. The number of hydrogen-bond donors (Lipinski definition) is 2. The second-order valence-electron chi connectivity index (χ2n) is 5.70. The van der Waals surface area contributed by atoms with Crippen LogP contribution in [0.3, 0.4) is 0 Å². The number of ether oxygens (including phenoxy) is 1. The first-order valence-electron chi connectivity index (χ1n) is 7.46. The Balaban J connectivity index is 2.13. The Bertz CT molecular complexity index is 497. The van der Waals surface area contributed by atoms with Crippen LogP contribution in [-0.2, 0) is 4.79 Å². The minimum Gasteiger partial charge on any atom is -0.494 e. The topological polar surface area (TPSA) is 64.3 Å². The van der Waals surface area contributed by atoms with Gasteiger partial charge in [-0.25, -0.2) is 4.39 Å². The summed E-state index contributed by atoms with van der Waals surface area (Å²) in [7, 11) is 1.41. The Morgan fingerprint density at radius 1 is 1.33 bits per heavy atom. The van der Waals surface area contributed by atoms with E-state index in [0.717, 1.165) is 38.5 Å². The summed E-state index contributed by atoms with van der Waals surface area (Å²) in [6.07, 6.45) is 5.92. The van der Waals surface area contributed by atoms with E-state index in [1.807, 2.05) is 0 Å². The number of rotatable bonds is 4. The lowest BCUT2D eigenvalue weighted by Crippen LogP contribution is -2.42. The molecule has 1 aliphatic rings. The highest BCUT2D eigenvalue weighted by molar-refractivity contribution is 5.95. The van der Waals surface area contributed by atoms with Crippen LogP contribution in [0.15, 0.2) is 18.2 Å². The van der Waals surface area contributed by atoms with Gasteiger partial charge in [-0.1, -0.05) is 25.7 Å². The summed E-state index contributed by atoms with van der Waals surface area (Å²) in [4.78, 5) is 12.6. The van der Waals surface area contributed by atoms with Crippen molar-refractivity contribution >= 4 is 11.6 Å². The Morgan fingerprint density at radius 3 is 2.52 bits per heavy atom. The van der Waals surface area contributed by atoms with Crippen LogP contribution in [0.1, 0.15) is 38.5 Å². The van der Waals surface area contributed by atoms with Crippen molar-refractivity contribution in [3.05, 3.63) is 24.0 Å². The number of nitrogens with one attached hydrogen (secondary N) is 1. The molecular weight excluding hydrogens is 271 g/mol. The maximum absolute atomic E-state index is 13.7. The molecule has 1 aromatic rings. The molecular formula is C16H23FN2O2. The van der Waals surface area contributed by atoms with Gasteiger partial charge in [-0.05, 0) is 25.0 Å². The molecule has 0 aliphatic heterocycles. The molecule has 0 atom stereocenters. The zero-order valence-electron chi connectivity index (χ0n) is 12.5. The Hall–Kier alpha value is -1.62. The smallest absolute Gasteiger partial charge is 0.231 e. The average molecular weight is 294 g/mol. The van der Waals surface area contributed by atoms with Crippen molar-refractivity contribution in [1.82, 2.24) is 0 Å². The molecule has 1 aromatic carbocycles. The predicted octanol–water partition coefficient (Wildman–Crippen LogP) is 3.07. The number of carbonyl (C=O) groups excluding carboxylic acids is 1. The van der Waals surface area contributed by atoms with E-state index < -0.39 is 11.2 Å². The second-order valence-corrected chi connectivity index (χ2v) is 5.70. The van der Waals surface area contributed by atoms with Gasteiger partial charge in [0, 0.05) is 18.3 Å². The second kappa shape index (κ2) is 6.89. The first-order chi connectivity index (χ1) is 10.1. The van der Waals surface area contributed by atoms with Crippen molar-refractivity contribution < 1.29 is 13.9 Å². The zero-order chi connectivity index (χ0) is 15.3. The van der Waals surface area contributed by atoms with E-state index in [0.29, 0.717) is 12.2 Å². The third-order valence-electron chi connectivity index (χ3n) is 4.34. The number of halogens is 1. The van der Waals surface area contributed by atoms with Gasteiger partial charge in [0.25, 0.3) is 0 Å². The van der Waals surface area contributed by atoms with Crippen molar-refractivity contribution in [1.29, 1.82) is 0 Å². The first kappa shape index (κ1) is 15.8. The van der Waals surface area contributed by atoms with Crippen LogP contribution in [0.2, 0.25) is 0 Å². The quantitative estimate of drug-likeness (QED) is 0.839. The van der Waals surface area contributed by atoms with E-state index in [9.17, 15) is 9.18 Å². The minimum absolute atomic E-state index is 0.100. The van der Waals surface area contributed by atoms with Crippen molar-refractivity contribution in [2.24, 2.45) is 11.1 Å². The number of methoxy groups -OCH3 is 1. The lowest BCUT2D eigenvalue weighted by molar-refractivity contribution is -0.125. The average Bonchev–Trinajstić information content (AvgIpc) is 2.74. The summed E-state index contributed by atoms with van der Waals surface area (Å²) in [6, 6.07) is 4.42. The molecule has 3 N–H and O–H groups in total. The van der Waals surface area contributed by atoms with Crippen LogP contribution < -0.4 is 15.8 Å². The van der Waals surface area contributed by atoms with Crippen LogP contribution in [0.4, 0.5) is 10.1 Å². The van der Waals surface area contributed by atoms with E-state index in [4.69, 9.17) is 10.5 Å². The summed E-state index contributed by atoms with van der Waals surface area (Å²) < 4.78 is 18.6. The maximum atomic E-state index is 13.7. The summed E-state index contributed by atoms with van der Waals surface area (Å²) in [6.45, 7) is 0.331. The van der Waals surface area contributed by atoms with Gasteiger partial charge in [-0.3, -0.25) is 4.79 Å². The summed E-state index contributed by atoms with van der Waals surface area (Å²) in [5.41, 5.74) is 5.80. The lowest BCUT2D eigenvalue weighted by Gasteiger charge is -2.29. The van der Waals surface area contributed by atoms with E-state index in [1.165, 1.54) is 19.2 Å². The highest BCUT2D eigenvalue weighted by Gasteiger charge is 2.37. The van der Waals surface area contributed by atoms with Gasteiger partial charge in [0.2, 0.25) is 5.91 Å². The zero-order valence-corrected chi connectivity index (χ0v) is 12.5. The molecule has 1 fully saturated rings. The Kier molecular flexibility index (Phi) is 5.17. The molecule has 1 amide bonds. The molecule has 21 heavy (non-hydrogen) atoms. The van der Waals surface area contributed by atoms with Crippen molar-refractivity contribution in [3.63, 3.8) is 0 Å². The van der Waals surface area contributed by atoms with Crippen LogP contribution in [0.5, 0.6) is 5.75 Å². The monoisotopic (exact) mass is 294 g/mol. The van der Waals surface area contributed by atoms with E-state index >= 15 is 0 Å². The van der Waals surface area contributed by atoms with Gasteiger partial charge < -0.3 is 15.8 Å². The molecule has 0 bridgehead atoms. The van der Waals surface area contributed by atoms with E-state index in [2.05, 4.69) is 5.32 Å². The molecule has 116 valence electrons. The summed E-state index contributed by atoms with van der Waals surface area (Å²) >= 11 is 0. The van der Waals surface area contributed by atoms with Gasteiger partial charge >= 0.3 is 0 Å². The highest BCUT2D eigenvalue weighted by Crippen LogP contribution is 2.35. The normalized spacial score (nSPS) is 17.9. The fourth-order valence-electron chi connectivity index (χ4n) is 2.94. The van der Waals surface area contributed by atoms with E-state index in [1.54, 1.807) is 6.07 Å². The number of hydrogen-bond acceptors (Lipinski definition) is 3. The van der Waals surface area contributed by atoms with Crippen LogP contribution in [-0.4, -0.2) is 19.6 Å². The van der Waals surface area contributed by atoms with Crippen molar-refractivity contribution in [2.45, 2.75) is 38.5 Å². The number of nitrogens with two attached hydrogens (primary N) is 1. The van der Waals surface area contributed by atoms with Gasteiger partial charge in [0.15, 0.2) is 11.6 Å². The number of anilines is 1. The molecule has 2 rings (SSSR count). The van der Waals surface area contributed by atoms with Crippen LogP contribution >= 0.6 is 0 Å². The molecule has 5 heteroatoms. The van der Waals surface area contributed by atoms with Crippen LogP contribution in [0.25, 0.3) is 0 Å². The molecule has 0 spiro atoms. The summed E-state index contributed by atoms with van der Waals surface area (Å²) in [5, 5.41) is 2.81. The molecule has 0 unspecified atom stereocenters. The first-order valence-corrected chi connectivity index (χ1v) is 7.46. The maximum Gasteiger partial charge on any atom is 0.231 e. The summed E-state index contributed by atoms with van der Waals surface area (Å²) in [5.74, 6) is -0.426.